The van der Waals surface area contributed by atoms with Crippen LogP contribution in [0.5, 0.6) is 0 Å². The van der Waals surface area contributed by atoms with Gasteiger partial charge in [-0.25, -0.2) is 4.98 Å². The standard InChI is InChI=1S/C15H21N3S/c1-10(2)9-16-15-17-14(18-19-15)8-13-6-11(3)5-12(4)7-13/h5-7,10H,8-9H2,1-4H3,(H,16,17,18). The Hall–Kier alpha value is -1.42. The van der Waals surface area contributed by atoms with Gasteiger partial charge < -0.3 is 5.32 Å². The molecule has 0 saturated heterocycles. The van der Waals surface area contributed by atoms with Crippen molar-refractivity contribution in [3.63, 3.8) is 0 Å². The molecule has 0 aliphatic heterocycles. The Morgan fingerprint density at radius 2 is 1.84 bits per heavy atom. The number of hydrogen-bond acceptors (Lipinski definition) is 4. The van der Waals surface area contributed by atoms with Crippen LogP contribution in [0.25, 0.3) is 0 Å². The Balaban J connectivity index is 2.03. The number of aryl methyl sites for hydroxylation is 2. The third-order valence-electron chi connectivity index (χ3n) is 2.77. The SMILES string of the molecule is Cc1cc(C)cc(Cc2nsc(NCC(C)C)n2)c1. The van der Waals surface area contributed by atoms with Gasteiger partial charge in [0.15, 0.2) is 0 Å². The molecule has 2 aromatic rings. The van der Waals surface area contributed by atoms with Crippen molar-refractivity contribution in [1.82, 2.24) is 9.36 Å². The molecule has 0 saturated carbocycles. The second-order valence-corrected chi connectivity index (χ2v) is 6.22. The zero-order chi connectivity index (χ0) is 13.8. The van der Waals surface area contributed by atoms with E-state index < -0.39 is 0 Å². The molecule has 4 heteroatoms. The zero-order valence-electron chi connectivity index (χ0n) is 12.0. The maximum atomic E-state index is 4.53. The van der Waals surface area contributed by atoms with Crippen molar-refractivity contribution in [3.8, 4) is 0 Å². The van der Waals surface area contributed by atoms with Gasteiger partial charge in [0.05, 0.1) is 0 Å². The van der Waals surface area contributed by atoms with Gasteiger partial charge in [-0.3, -0.25) is 0 Å². The average Bonchev–Trinajstić information content (AvgIpc) is 2.72. The number of hydrogen-bond donors (Lipinski definition) is 1. The third-order valence-corrected chi connectivity index (χ3v) is 3.48. The molecule has 1 heterocycles. The molecule has 0 fully saturated rings. The topological polar surface area (TPSA) is 37.8 Å². The molecule has 1 aromatic heterocycles. The fourth-order valence-corrected chi connectivity index (χ4v) is 2.63. The first-order valence-electron chi connectivity index (χ1n) is 6.66. The lowest BCUT2D eigenvalue weighted by molar-refractivity contribution is 0.688. The van der Waals surface area contributed by atoms with Gasteiger partial charge in [0, 0.05) is 24.5 Å². The minimum Gasteiger partial charge on any atom is -0.360 e. The predicted molar refractivity (Wildman–Crippen MR) is 82.0 cm³/mol. The molecule has 0 aliphatic carbocycles. The van der Waals surface area contributed by atoms with E-state index in [1.807, 2.05) is 0 Å². The Labute approximate surface area is 119 Å². The van der Waals surface area contributed by atoms with Crippen molar-refractivity contribution in [3.05, 3.63) is 40.7 Å². The average molecular weight is 275 g/mol. The molecule has 0 amide bonds. The van der Waals surface area contributed by atoms with Crippen LogP contribution < -0.4 is 5.32 Å². The van der Waals surface area contributed by atoms with Gasteiger partial charge in [-0.2, -0.15) is 4.37 Å². The van der Waals surface area contributed by atoms with Crippen LogP contribution >= 0.6 is 11.5 Å². The van der Waals surface area contributed by atoms with Crippen LogP contribution in [0.4, 0.5) is 5.13 Å². The van der Waals surface area contributed by atoms with Crippen LogP contribution in [0.15, 0.2) is 18.2 Å². The monoisotopic (exact) mass is 275 g/mol. The summed E-state index contributed by atoms with van der Waals surface area (Å²) in [5, 5.41) is 4.24. The minimum atomic E-state index is 0.617. The molecule has 19 heavy (non-hydrogen) atoms. The summed E-state index contributed by atoms with van der Waals surface area (Å²) in [4.78, 5) is 4.53. The predicted octanol–water partition coefficient (Wildman–Crippen LogP) is 3.81. The first-order chi connectivity index (χ1) is 9.02. The molecule has 0 bridgehead atoms. The van der Waals surface area contributed by atoms with Crippen molar-refractivity contribution >= 4 is 16.7 Å². The molecule has 0 aliphatic rings. The van der Waals surface area contributed by atoms with E-state index in [0.717, 1.165) is 23.9 Å². The summed E-state index contributed by atoms with van der Waals surface area (Å²) >= 11 is 1.45. The fourth-order valence-electron chi connectivity index (χ4n) is 2.04. The summed E-state index contributed by atoms with van der Waals surface area (Å²) < 4.78 is 4.42. The van der Waals surface area contributed by atoms with Crippen LogP contribution in [0.1, 0.15) is 36.4 Å². The van der Waals surface area contributed by atoms with E-state index in [9.17, 15) is 0 Å². The van der Waals surface area contributed by atoms with E-state index in [1.165, 1.54) is 28.2 Å². The van der Waals surface area contributed by atoms with Crippen LogP contribution in [0.3, 0.4) is 0 Å². The lowest BCUT2D eigenvalue weighted by atomic mass is 10.1. The number of anilines is 1. The van der Waals surface area contributed by atoms with Gasteiger partial charge in [0.1, 0.15) is 5.82 Å². The summed E-state index contributed by atoms with van der Waals surface area (Å²) in [7, 11) is 0. The van der Waals surface area contributed by atoms with Crippen LogP contribution in [0, 0.1) is 19.8 Å². The second kappa shape index (κ2) is 6.15. The van der Waals surface area contributed by atoms with E-state index in [0.29, 0.717) is 5.92 Å². The van der Waals surface area contributed by atoms with E-state index >= 15 is 0 Å². The maximum Gasteiger partial charge on any atom is 0.202 e. The van der Waals surface area contributed by atoms with E-state index in [2.05, 4.69) is 60.6 Å². The van der Waals surface area contributed by atoms with Gasteiger partial charge >= 0.3 is 0 Å². The van der Waals surface area contributed by atoms with Gasteiger partial charge in [-0.05, 0) is 25.3 Å². The van der Waals surface area contributed by atoms with Crippen LogP contribution in [0.2, 0.25) is 0 Å². The molecule has 102 valence electrons. The number of nitrogens with zero attached hydrogens (tertiary/aromatic N) is 2. The first kappa shape index (κ1) is 14.0. The molecule has 1 N–H and O–H groups in total. The normalized spacial score (nSPS) is 11.0. The lowest BCUT2D eigenvalue weighted by Gasteiger charge is -2.04. The highest BCUT2D eigenvalue weighted by Gasteiger charge is 2.06. The van der Waals surface area contributed by atoms with E-state index in [1.54, 1.807) is 0 Å². The van der Waals surface area contributed by atoms with Gasteiger partial charge in [-0.1, -0.05) is 43.2 Å². The Morgan fingerprint density at radius 3 is 2.47 bits per heavy atom. The molecule has 3 nitrogen and oxygen atoms in total. The van der Waals surface area contributed by atoms with Crippen molar-refractivity contribution in [1.29, 1.82) is 0 Å². The van der Waals surface area contributed by atoms with Crippen molar-refractivity contribution in [2.75, 3.05) is 11.9 Å². The summed E-state index contributed by atoms with van der Waals surface area (Å²) in [6.07, 6.45) is 0.808. The first-order valence-corrected chi connectivity index (χ1v) is 7.44. The maximum absolute atomic E-state index is 4.53. The molecule has 0 unspecified atom stereocenters. The summed E-state index contributed by atoms with van der Waals surface area (Å²) in [5.41, 5.74) is 3.87. The second-order valence-electron chi connectivity index (χ2n) is 5.46. The van der Waals surface area contributed by atoms with Crippen molar-refractivity contribution in [2.45, 2.75) is 34.1 Å². The molecular weight excluding hydrogens is 254 g/mol. The smallest absolute Gasteiger partial charge is 0.202 e. The largest absolute Gasteiger partial charge is 0.360 e. The highest BCUT2D eigenvalue weighted by molar-refractivity contribution is 7.09. The quantitative estimate of drug-likeness (QED) is 0.901. The van der Waals surface area contributed by atoms with E-state index in [-0.39, 0.29) is 0 Å². The molecule has 0 atom stereocenters. The molecule has 2 rings (SSSR count). The number of rotatable bonds is 5. The summed E-state index contributed by atoms with van der Waals surface area (Å²) in [5.74, 6) is 1.52. The van der Waals surface area contributed by atoms with Crippen molar-refractivity contribution in [2.24, 2.45) is 5.92 Å². The summed E-state index contributed by atoms with van der Waals surface area (Å²) in [6.45, 7) is 9.56. The highest BCUT2D eigenvalue weighted by Crippen LogP contribution is 2.16. The molecule has 0 radical (unpaired) electrons. The minimum absolute atomic E-state index is 0.617. The fraction of sp³-hybridized carbons (Fsp3) is 0.467. The molecule has 1 aromatic carbocycles. The molecular formula is C15H21N3S. The highest BCUT2D eigenvalue weighted by atomic mass is 32.1. The van der Waals surface area contributed by atoms with E-state index in [4.69, 9.17) is 0 Å². The van der Waals surface area contributed by atoms with Gasteiger partial charge in [0.25, 0.3) is 0 Å². The van der Waals surface area contributed by atoms with Gasteiger partial charge in [0.2, 0.25) is 5.13 Å². The Kier molecular flexibility index (Phi) is 4.53. The Morgan fingerprint density at radius 1 is 1.16 bits per heavy atom. The third kappa shape index (κ3) is 4.31. The van der Waals surface area contributed by atoms with Gasteiger partial charge in [-0.15, -0.1) is 0 Å². The zero-order valence-corrected chi connectivity index (χ0v) is 12.8. The number of benzene rings is 1. The van der Waals surface area contributed by atoms with Crippen LogP contribution in [-0.4, -0.2) is 15.9 Å². The Bertz CT molecular complexity index is 526. The molecule has 0 spiro atoms. The lowest BCUT2D eigenvalue weighted by Crippen LogP contribution is -2.07. The van der Waals surface area contributed by atoms with Crippen LogP contribution in [-0.2, 0) is 6.42 Å². The number of aromatic nitrogens is 2. The summed E-state index contributed by atoms with van der Waals surface area (Å²) in [6, 6.07) is 6.60. The van der Waals surface area contributed by atoms with Crippen molar-refractivity contribution < 1.29 is 0 Å². The number of nitrogens with one attached hydrogen (secondary N) is 1.